The number of nitrogens with two attached hydrogens (primary N) is 1. The zero-order valence-electron chi connectivity index (χ0n) is 13.6. The second kappa shape index (κ2) is 6.31. The minimum Gasteiger partial charge on any atom is -0.330 e. The summed E-state index contributed by atoms with van der Waals surface area (Å²) < 4.78 is 26.7. The van der Waals surface area contributed by atoms with Gasteiger partial charge in [-0.3, -0.25) is 10.1 Å². The second-order valence-electron chi connectivity index (χ2n) is 6.27. The molecule has 7 nitrogen and oxygen atoms in total. The maximum atomic E-state index is 12.7. The van der Waals surface area contributed by atoms with E-state index in [2.05, 4.69) is 0 Å². The Kier molecular flexibility index (Phi) is 5.32. The first-order valence-corrected chi connectivity index (χ1v) is 8.28. The molecule has 22 heavy (non-hydrogen) atoms. The van der Waals surface area contributed by atoms with Crippen molar-refractivity contribution in [3.05, 3.63) is 33.4 Å². The molecule has 0 amide bonds. The van der Waals surface area contributed by atoms with Gasteiger partial charge in [0.15, 0.2) is 0 Å². The van der Waals surface area contributed by atoms with E-state index in [1.54, 1.807) is 13.8 Å². The number of aryl methyl sites for hydroxylation is 1. The van der Waals surface area contributed by atoms with Crippen molar-refractivity contribution in [2.45, 2.75) is 32.6 Å². The molecule has 0 unspecified atom stereocenters. The Morgan fingerprint density at radius 3 is 2.32 bits per heavy atom. The van der Waals surface area contributed by atoms with Gasteiger partial charge in [0.1, 0.15) is 0 Å². The van der Waals surface area contributed by atoms with Crippen molar-refractivity contribution in [2.75, 3.05) is 20.1 Å². The molecule has 1 aromatic rings. The van der Waals surface area contributed by atoms with Gasteiger partial charge in [0.2, 0.25) is 10.0 Å². The fraction of sp³-hybridized carbons (Fsp3) is 0.571. The third-order valence-corrected chi connectivity index (χ3v) is 5.64. The van der Waals surface area contributed by atoms with Crippen LogP contribution in [0.15, 0.2) is 17.0 Å². The largest absolute Gasteiger partial charge is 0.330 e. The number of sulfonamides is 1. The van der Waals surface area contributed by atoms with Crippen molar-refractivity contribution in [1.29, 1.82) is 0 Å². The van der Waals surface area contributed by atoms with Crippen LogP contribution in [0.4, 0.5) is 5.69 Å². The highest BCUT2D eigenvalue weighted by atomic mass is 32.2. The standard InChI is InChI=1S/C14H23N3O4S/c1-10-6-12(17(18)19)7-13(11(10)2)22(20,21)16(5)9-14(3,4)8-15/h6-7H,8-9,15H2,1-5H3. The lowest BCUT2D eigenvalue weighted by Gasteiger charge is -2.29. The summed E-state index contributed by atoms with van der Waals surface area (Å²) in [5.74, 6) is 0. The number of non-ortho nitro benzene ring substituents is 1. The number of hydrogen-bond acceptors (Lipinski definition) is 5. The van der Waals surface area contributed by atoms with E-state index in [4.69, 9.17) is 5.73 Å². The molecule has 0 saturated carbocycles. The van der Waals surface area contributed by atoms with Crippen LogP contribution in [0.5, 0.6) is 0 Å². The van der Waals surface area contributed by atoms with Crippen LogP contribution in [0.25, 0.3) is 0 Å². The third-order valence-electron chi connectivity index (χ3n) is 3.71. The van der Waals surface area contributed by atoms with Gasteiger partial charge in [-0.15, -0.1) is 0 Å². The Hall–Kier alpha value is -1.51. The number of nitrogens with zero attached hydrogens (tertiary/aromatic N) is 2. The van der Waals surface area contributed by atoms with Gasteiger partial charge < -0.3 is 5.73 Å². The maximum absolute atomic E-state index is 12.7. The highest BCUT2D eigenvalue weighted by molar-refractivity contribution is 7.89. The molecule has 0 aliphatic rings. The SMILES string of the molecule is Cc1cc([N+](=O)[O-])cc(S(=O)(=O)N(C)CC(C)(C)CN)c1C. The van der Waals surface area contributed by atoms with Gasteiger partial charge >= 0.3 is 0 Å². The minimum absolute atomic E-state index is 0.0329. The van der Waals surface area contributed by atoms with Gasteiger partial charge in [0.05, 0.1) is 9.82 Å². The zero-order chi connectivity index (χ0) is 17.3. The Morgan fingerprint density at radius 1 is 1.32 bits per heavy atom. The Labute approximate surface area is 131 Å². The Balaban J connectivity index is 3.37. The molecule has 0 atom stereocenters. The molecule has 8 heteroatoms. The quantitative estimate of drug-likeness (QED) is 0.633. The first-order valence-electron chi connectivity index (χ1n) is 6.84. The summed E-state index contributed by atoms with van der Waals surface area (Å²) in [5.41, 5.74) is 6.12. The molecule has 2 N–H and O–H groups in total. The second-order valence-corrected chi connectivity index (χ2v) is 8.29. The van der Waals surface area contributed by atoms with Crippen molar-refractivity contribution in [3.8, 4) is 0 Å². The van der Waals surface area contributed by atoms with E-state index in [1.165, 1.54) is 17.4 Å². The molecule has 124 valence electrons. The number of rotatable bonds is 6. The average molecular weight is 329 g/mol. The van der Waals surface area contributed by atoms with Crippen LogP contribution < -0.4 is 5.73 Å². The van der Waals surface area contributed by atoms with Gasteiger partial charge in [0.25, 0.3) is 5.69 Å². The van der Waals surface area contributed by atoms with Crippen LogP contribution in [-0.2, 0) is 10.0 Å². The minimum atomic E-state index is -3.82. The van der Waals surface area contributed by atoms with Crippen LogP contribution >= 0.6 is 0 Å². The fourth-order valence-corrected chi connectivity index (χ4v) is 3.77. The molecule has 0 bridgehead atoms. The summed E-state index contributed by atoms with van der Waals surface area (Å²) in [4.78, 5) is 10.3. The Morgan fingerprint density at radius 2 is 1.86 bits per heavy atom. The van der Waals surface area contributed by atoms with Crippen LogP contribution in [0.3, 0.4) is 0 Å². The van der Waals surface area contributed by atoms with E-state index in [-0.39, 0.29) is 22.5 Å². The average Bonchev–Trinajstić information content (AvgIpc) is 2.40. The highest BCUT2D eigenvalue weighted by Crippen LogP contribution is 2.28. The smallest absolute Gasteiger partial charge is 0.271 e. The number of hydrogen-bond donors (Lipinski definition) is 1. The van der Waals surface area contributed by atoms with Crippen molar-refractivity contribution in [3.63, 3.8) is 0 Å². The normalized spacial score (nSPS) is 12.7. The molecule has 0 radical (unpaired) electrons. The van der Waals surface area contributed by atoms with E-state index in [9.17, 15) is 18.5 Å². The van der Waals surface area contributed by atoms with Crippen molar-refractivity contribution < 1.29 is 13.3 Å². The van der Waals surface area contributed by atoms with E-state index in [1.807, 2.05) is 13.8 Å². The van der Waals surface area contributed by atoms with E-state index < -0.39 is 14.9 Å². The van der Waals surface area contributed by atoms with Gasteiger partial charge in [0, 0.05) is 25.7 Å². The predicted octanol–water partition coefficient (Wildman–Crippen LogP) is 1.82. The lowest BCUT2D eigenvalue weighted by Crippen LogP contribution is -2.40. The number of benzene rings is 1. The molecule has 0 saturated heterocycles. The topological polar surface area (TPSA) is 107 Å². The van der Waals surface area contributed by atoms with Crippen LogP contribution in [0.1, 0.15) is 25.0 Å². The third kappa shape index (κ3) is 3.82. The summed E-state index contributed by atoms with van der Waals surface area (Å²) in [5, 5.41) is 11.0. The molecule has 0 fully saturated rings. The van der Waals surface area contributed by atoms with Crippen molar-refractivity contribution in [2.24, 2.45) is 11.1 Å². The summed E-state index contributed by atoms with van der Waals surface area (Å²) in [7, 11) is -2.36. The molecule has 0 aliphatic carbocycles. The molecule has 0 aliphatic heterocycles. The van der Waals surface area contributed by atoms with Crippen molar-refractivity contribution in [1.82, 2.24) is 4.31 Å². The zero-order valence-corrected chi connectivity index (χ0v) is 14.4. The van der Waals surface area contributed by atoms with Crippen molar-refractivity contribution >= 4 is 15.7 Å². The Bertz CT molecular complexity index is 684. The summed E-state index contributed by atoms with van der Waals surface area (Å²) in [6.07, 6.45) is 0. The molecule has 0 aromatic heterocycles. The predicted molar refractivity (Wildman–Crippen MR) is 85.2 cm³/mol. The summed E-state index contributed by atoms with van der Waals surface area (Å²) in [6.45, 7) is 7.60. The molecule has 1 rings (SSSR count). The van der Waals surface area contributed by atoms with E-state index in [0.29, 0.717) is 17.7 Å². The molecule has 1 aromatic carbocycles. The monoisotopic (exact) mass is 329 g/mol. The summed E-state index contributed by atoms with van der Waals surface area (Å²) >= 11 is 0. The first-order chi connectivity index (χ1) is 9.92. The number of nitro benzene ring substituents is 1. The van der Waals surface area contributed by atoms with Gasteiger partial charge in [-0.1, -0.05) is 13.8 Å². The first kappa shape index (κ1) is 18.5. The van der Waals surface area contributed by atoms with E-state index >= 15 is 0 Å². The molecule has 0 heterocycles. The lowest BCUT2D eigenvalue weighted by atomic mass is 9.94. The van der Waals surface area contributed by atoms with E-state index in [0.717, 1.165) is 6.07 Å². The fourth-order valence-electron chi connectivity index (χ4n) is 2.10. The van der Waals surface area contributed by atoms with Crippen LogP contribution in [0.2, 0.25) is 0 Å². The van der Waals surface area contributed by atoms with Crippen LogP contribution in [-0.4, -0.2) is 37.8 Å². The van der Waals surface area contributed by atoms with Gasteiger partial charge in [-0.25, -0.2) is 12.7 Å². The molecular formula is C14H23N3O4S. The summed E-state index contributed by atoms with van der Waals surface area (Å²) in [6, 6.07) is 2.49. The van der Waals surface area contributed by atoms with Gasteiger partial charge in [-0.2, -0.15) is 0 Å². The maximum Gasteiger partial charge on any atom is 0.271 e. The number of nitro groups is 1. The highest BCUT2D eigenvalue weighted by Gasteiger charge is 2.30. The molecular weight excluding hydrogens is 306 g/mol. The molecule has 0 spiro atoms. The van der Waals surface area contributed by atoms with Crippen LogP contribution in [0, 0.1) is 29.4 Å². The lowest BCUT2D eigenvalue weighted by molar-refractivity contribution is -0.385. The van der Waals surface area contributed by atoms with Gasteiger partial charge in [-0.05, 0) is 36.9 Å².